The zero-order valence-corrected chi connectivity index (χ0v) is 14.8. The molecule has 0 aliphatic carbocycles. The number of hydrogen-bond acceptors (Lipinski definition) is 2. The van der Waals surface area contributed by atoms with E-state index in [9.17, 15) is 0 Å². The van der Waals surface area contributed by atoms with Gasteiger partial charge in [0, 0.05) is 12.8 Å². The van der Waals surface area contributed by atoms with E-state index < -0.39 is 0 Å². The van der Waals surface area contributed by atoms with Gasteiger partial charge in [0.1, 0.15) is 0 Å². The summed E-state index contributed by atoms with van der Waals surface area (Å²) in [7, 11) is 0. The van der Waals surface area contributed by atoms with Gasteiger partial charge in [-0.3, -0.25) is 0 Å². The van der Waals surface area contributed by atoms with Crippen molar-refractivity contribution in [2.75, 3.05) is 0 Å². The fraction of sp³-hybridized carbons (Fsp3) is 1.00. The van der Waals surface area contributed by atoms with Gasteiger partial charge in [0.25, 0.3) is 0 Å². The summed E-state index contributed by atoms with van der Waals surface area (Å²) in [5.74, 6) is -0.357. The SMILES string of the molecule is CCCCCCCC(CCCC)(OC(C)C)OC(C)C. The predicted molar refractivity (Wildman–Crippen MR) is 88.1 cm³/mol. The molecule has 0 bridgehead atoms. The van der Waals surface area contributed by atoms with Crippen LogP contribution < -0.4 is 0 Å². The van der Waals surface area contributed by atoms with Gasteiger partial charge in [-0.1, -0.05) is 46.0 Å². The van der Waals surface area contributed by atoms with Crippen molar-refractivity contribution in [3.63, 3.8) is 0 Å². The second-order valence-electron chi connectivity index (χ2n) is 6.51. The number of ether oxygens (including phenoxy) is 2. The summed E-state index contributed by atoms with van der Waals surface area (Å²) < 4.78 is 12.5. The summed E-state index contributed by atoms with van der Waals surface area (Å²) in [6.45, 7) is 12.9. The monoisotopic (exact) mass is 286 g/mol. The maximum Gasteiger partial charge on any atom is 0.168 e. The van der Waals surface area contributed by atoms with Crippen LogP contribution in [-0.4, -0.2) is 18.0 Å². The third-order valence-electron chi connectivity index (χ3n) is 3.47. The Labute approximate surface area is 127 Å². The van der Waals surface area contributed by atoms with E-state index in [1.54, 1.807) is 0 Å². The summed E-state index contributed by atoms with van der Waals surface area (Å²) in [6.07, 6.45) is 11.4. The molecule has 0 fully saturated rings. The molecule has 0 aromatic carbocycles. The molecule has 2 nitrogen and oxygen atoms in total. The van der Waals surface area contributed by atoms with Crippen LogP contribution in [0.15, 0.2) is 0 Å². The molecule has 0 aliphatic heterocycles. The van der Waals surface area contributed by atoms with Gasteiger partial charge in [0.15, 0.2) is 5.79 Å². The molecule has 2 heteroatoms. The van der Waals surface area contributed by atoms with E-state index in [-0.39, 0.29) is 18.0 Å². The lowest BCUT2D eigenvalue weighted by Crippen LogP contribution is -2.40. The lowest BCUT2D eigenvalue weighted by molar-refractivity contribution is -0.276. The van der Waals surface area contributed by atoms with Crippen molar-refractivity contribution in [1.82, 2.24) is 0 Å². The molecule has 0 aliphatic rings. The van der Waals surface area contributed by atoms with Crippen molar-refractivity contribution >= 4 is 0 Å². The van der Waals surface area contributed by atoms with Gasteiger partial charge in [0.05, 0.1) is 12.2 Å². The minimum Gasteiger partial charge on any atom is -0.347 e. The largest absolute Gasteiger partial charge is 0.347 e. The standard InChI is InChI=1S/C18H38O2/c1-7-9-11-12-13-15-18(14-10-8-2,19-16(3)4)20-17(5)6/h16-17H,7-15H2,1-6H3. The van der Waals surface area contributed by atoms with E-state index in [0.717, 1.165) is 12.8 Å². The van der Waals surface area contributed by atoms with Crippen LogP contribution in [0.25, 0.3) is 0 Å². The van der Waals surface area contributed by atoms with Crippen molar-refractivity contribution in [2.45, 2.75) is 117 Å². The average molecular weight is 286 g/mol. The van der Waals surface area contributed by atoms with Crippen LogP contribution in [0, 0.1) is 0 Å². The highest BCUT2D eigenvalue weighted by Crippen LogP contribution is 2.30. The second-order valence-corrected chi connectivity index (χ2v) is 6.51. The molecular formula is C18H38O2. The van der Waals surface area contributed by atoms with E-state index in [4.69, 9.17) is 9.47 Å². The third kappa shape index (κ3) is 9.77. The van der Waals surface area contributed by atoms with Crippen molar-refractivity contribution < 1.29 is 9.47 Å². The Bertz CT molecular complexity index is 201. The summed E-state index contributed by atoms with van der Waals surface area (Å²) in [6, 6.07) is 0. The van der Waals surface area contributed by atoms with Crippen LogP contribution in [0.4, 0.5) is 0 Å². The van der Waals surface area contributed by atoms with Gasteiger partial charge in [-0.15, -0.1) is 0 Å². The van der Waals surface area contributed by atoms with E-state index in [2.05, 4.69) is 41.5 Å². The lowest BCUT2D eigenvalue weighted by Gasteiger charge is -2.37. The summed E-state index contributed by atoms with van der Waals surface area (Å²) in [4.78, 5) is 0. The number of unbranched alkanes of at least 4 members (excludes halogenated alkanes) is 5. The highest BCUT2D eigenvalue weighted by Gasteiger charge is 2.33. The fourth-order valence-corrected chi connectivity index (χ4v) is 2.69. The zero-order valence-electron chi connectivity index (χ0n) is 14.8. The van der Waals surface area contributed by atoms with Gasteiger partial charge in [0.2, 0.25) is 0 Å². The zero-order chi connectivity index (χ0) is 15.4. The van der Waals surface area contributed by atoms with Crippen LogP contribution in [0.5, 0.6) is 0 Å². The molecule has 122 valence electrons. The van der Waals surface area contributed by atoms with Crippen molar-refractivity contribution in [1.29, 1.82) is 0 Å². The molecule has 0 radical (unpaired) electrons. The Morgan fingerprint density at radius 1 is 0.650 bits per heavy atom. The van der Waals surface area contributed by atoms with Crippen LogP contribution in [0.2, 0.25) is 0 Å². The summed E-state index contributed by atoms with van der Waals surface area (Å²) in [5, 5.41) is 0. The quantitative estimate of drug-likeness (QED) is 0.301. The van der Waals surface area contributed by atoms with Crippen molar-refractivity contribution in [3.8, 4) is 0 Å². The van der Waals surface area contributed by atoms with E-state index in [1.807, 2.05) is 0 Å². The Kier molecular flexibility index (Phi) is 11.5. The first-order chi connectivity index (χ1) is 9.45. The molecule has 20 heavy (non-hydrogen) atoms. The first-order valence-corrected chi connectivity index (χ1v) is 8.81. The molecule has 0 aromatic heterocycles. The second kappa shape index (κ2) is 11.6. The molecule has 0 rings (SSSR count). The maximum absolute atomic E-state index is 6.24. The van der Waals surface area contributed by atoms with Gasteiger partial charge in [-0.25, -0.2) is 0 Å². The van der Waals surface area contributed by atoms with Gasteiger partial charge >= 0.3 is 0 Å². The first kappa shape index (κ1) is 19.9. The van der Waals surface area contributed by atoms with Crippen LogP contribution in [0.3, 0.4) is 0 Å². The Balaban J connectivity index is 4.51. The fourth-order valence-electron chi connectivity index (χ4n) is 2.69. The maximum atomic E-state index is 6.24. The minimum absolute atomic E-state index is 0.223. The molecule has 0 N–H and O–H groups in total. The molecule has 0 heterocycles. The average Bonchev–Trinajstić information content (AvgIpc) is 2.34. The predicted octanol–water partition coefficient (Wildman–Crippen LogP) is 6.08. The van der Waals surface area contributed by atoms with Crippen LogP contribution >= 0.6 is 0 Å². The highest BCUT2D eigenvalue weighted by atomic mass is 16.7. The first-order valence-electron chi connectivity index (χ1n) is 8.81. The van der Waals surface area contributed by atoms with Gasteiger partial charge in [-0.05, 0) is 40.5 Å². The van der Waals surface area contributed by atoms with Gasteiger partial charge in [-0.2, -0.15) is 0 Å². The molecule has 0 saturated heterocycles. The van der Waals surface area contributed by atoms with Crippen LogP contribution in [0.1, 0.15) is 99.3 Å². The van der Waals surface area contributed by atoms with E-state index >= 15 is 0 Å². The Morgan fingerprint density at radius 3 is 1.55 bits per heavy atom. The van der Waals surface area contributed by atoms with Crippen molar-refractivity contribution in [2.24, 2.45) is 0 Å². The van der Waals surface area contributed by atoms with Gasteiger partial charge < -0.3 is 9.47 Å². The van der Waals surface area contributed by atoms with Crippen molar-refractivity contribution in [3.05, 3.63) is 0 Å². The molecule has 0 unspecified atom stereocenters. The summed E-state index contributed by atoms with van der Waals surface area (Å²) in [5.41, 5.74) is 0. The molecule has 0 spiro atoms. The number of hydrogen-bond donors (Lipinski definition) is 0. The number of rotatable bonds is 13. The Hall–Kier alpha value is -0.0800. The minimum atomic E-state index is -0.357. The highest BCUT2D eigenvalue weighted by molar-refractivity contribution is 4.73. The van der Waals surface area contributed by atoms with Crippen LogP contribution in [-0.2, 0) is 9.47 Å². The smallest absolute Gasteiger partial charge is 0.168 e. The molecule has 0 atom stereocenters. The third-order valence-corrected chi connectivity index (χ3v) is 3.47. The topological polar surface area (TPSA) is 18.5 Å². The molecule has 0 amide bonds. The molecule has 0 saturated carbocycles. The Morgan fingerprint density at radius 2 is 1.10 bits per heavy atom. The molecular weight excluding hydrogens is 248 g/mol. The lowest BCUT2D eigenvalue weighted by atomic mass is 9.99. The molecule has 0 aromatic rings. The summed E-state index contributed by atoms with van der Waals surface area (Å²) >= 11 is 0. The normalized spacial score (nSPS) is 12.6. The van der Waals surface area contributed by atoms with E-state index in [1.165, 1.54) is 44.9 Å². The van der Waals surface area contributed by atoms with E-state index in [0.29, 0.717) is 0 Å².